The number of carbonyl (C=O) groups is 1. The summed E-state index contributed by atoms with van der Waals surface area (Å²) >= 11 is 6.06. The van der Waals surface area contributed by atoms with Gasteiger partial charge in [0.25, 0.3) is 0 Å². The van der Waals surface area contributed by atoms with E-state index < -0.39 is 5.97 Å². The molecule has 0 fully saturated rings. The van der Waals surface area contributed by atoms with E-state index in [1.54, 1.807) is 23.7 Å². The smallest absolute Gasteiger partial charge is 0.339 e. The highest BCUT2D eigenvalue weighted by Crippen LogP contribution is 2.26. The highest BCUT2D eigenvalue weighted by Gasteiger charge is 2.23. The monoisotopic (exact) mass is 354 g/mol. The van der Waals surface area contributed by atoms with E-state index >= 15 is 0 Å². The summed E-state index contributed by atoms with van der Waals surface area (Å²) in [7, 11) is 0. The van der Waals surface area contributed by atoms with Gasteiger partial charge in [-0.25, -0.2) is 9.48 Å². The zero-order chi connectivity index (χ0) is 18.0. The first kappa shape index (κ1) is 17.2. The van der Waals surface area contributed by atoms with Gasteiger partial charge in [0, 0.05) is 5.02 Å². The first-order valence-electron chi connectivity index (χ1n) is 8.10. The number of benzene rings is 2. The molecule has 0 amide bonds. The van der Waals surface area contributed by atoms with Gasteiger partial charge in [0.2, 0.25) is 0 Å². The van der Waals surface area contributed by atoms with Crippen LogP contribution in [0.3, 0.4) is 0 Å². The summed E-state index contributed by atoms with van der Waals surface area (Å²) in [6.45, 7) is 3.85. The lowest BCUT2D eigenvalue weighted by Crippen LogP contribution is -2.06. The maximum absolute atomic E-state index is 11.8. The Morgan fingerprint density at radius 2 is 1.92 bits per heavy atom. The quantitative estimate of drug-likeness (QED) is 0.710. The van der Waals surface area contributed by atoms with Crippen molar-refractivity contribution in [3.05, 3.63) is 82.1 Å². The van der Waals surface area contributed by atoms with Crippen LogP contribution in [0.5, 0.6) is 0 Å². The Morgan fingerprint density at radius 1 is 1.20 bits per heavy atom. The number of halogens is 1. The van der Waals surface area contributed by atoms with Crippen molar-refractivity contribution in [3.63, 3.8) is 0 Å². The van der Waals surface area contributed by atoms with Gasteiger partial charge in [0.05, 0.1) is 17.1 Å². The van der Waals surface area contributed by atoms with Crippen molar-refractivity contribution in [2.45, 2.75) is 26.2 Å². The van der Waals surface area contributed by atoms with Crippen LogP contribution in [0, 0.1) is 6.92 Å². The Balaban J connectivity index is 2.02. The molecule has 0 saturated heterocycles. The maximum Gasteiger partial charge on any atom is 0.339 e. The average molecular weight is 355 g/mol. The molecule has 25 heavy (non-hydrogen) atoms. The molecule has 128 valence electrons. The van der Waals surface area contributed by atoms with Gasteiger partial charge < -0.3 is 5.11 Å². The normalized spacial score (nSPS) is 12.1. The van der Waals surface area contributed by atoms with E-state index in [0.717, 1.165) is 11.3 Å². The molecule has 1 aromatic heterocycles. The molecule has 3 aromatic rings. The third kappa shape index (κ3) is 3.59. The van der Waals surface area contributed by atoms with E-state index in [9.17, 15) is 9.90 Å². The number of carboxylic acid groups (broad SMARTS) is 1. The van der Waals surface area contributed by atoms with Crippen LogP contribution in [0.2, 0.25) is 5.02 Å². The Bertz CT molecular complexity index is 903. The zero-order valence-electron chi connectivity index (χ0n) is 14.1. The van der Waals surface area contributed by atoms with Crippen molar-refractivity contribution >= 4 is 17.6 Å². The van der Waals surface area contributed by atoms with E-state index in [2.05, 4.69) is 12.0 Å². The molecule has 2 aromatic carbocycles. The minimum Gasteiger partial charge on any atom is -0.478 e. The minimum absolute atomic E-state index is 0.168. The van der Waals surface area contributed by atoms with E-state index in [0.29, 0.717) is 22.8 Å². The molecule has 1 atom stereocenters. The van der Waals surface area contributed by atoms with E-state index in [-0.39, 0.29) is 11.5 Å². The molecule has 0 bridgehead atoms. The van der Waals surface area contributed by atoms with Gasteiger partial charge in [0.1, 0.15) is 5.56 Å². The number of hydrogen-bond acceptors (Lipinski definition) is 2. The van der Waals surface area contributed by atoms with Crippen LogP contribution in [-0.2, 0) is 6.42 Å². The number of rotatable bonds is 5. The summed E-state index contributed by atoms with van der Waals surface area (Å²) in [5.74, 6) is -0.789. The van der Waals surface area contributed by atoms with Gasteiger partial charge in [-0.1, -0.05) is 54.9 Å². The topological polar surface area (TPSA) is 55.1 Å². The second-order valence-corrected chi connectivity index (χ2v) is 6.56. The lowest BCUT2D eigenvalue weighted by molar-refractivity contribution is 0.0695. The first-order valence-corrected chi connectivity index (χ1v) is 8.48. The number of aromatic nitrogens is 2. The Hall–Kier alpha value is -2.59. The van der Waals surface area contributed by atoms with E-state index in [4.69, 9.17) is 11.6 Å². The molecule has 1 heterocycles. The van der Waals surface area contributed by atoms with Gasteiger partial charge in [-0.15, -0.1) is 0 Å². The van der Waals surface area contributed by atoms with Crippen LogP contribution in [0.25, 0.3) is 5.69 Å². The van der Waals surface area contributed by atoms with Crippen LogP contribution >= 0.6 is 11.6 Å². The van der Waals surface area contributed by atoms with Crippen molar-refractivity contribution in [3.8, 4) is 5.69 Å². The fraction of sp³-hybridized carbons (Fsp3) is 0.200. The number of carboxylic acids is 1. The second kappa shape index (κ2) is 7.11. The van der Waals surface area contributed by atoms with Crippen molar-refractivity contribution < 1.29 is 9.90 Å². The summed E-state index contributed by atoms with van der Waals surface area (Å²) < 4.78 is 1.66. The van der Waals surface area contributed by atoms with Crippen molar-refractivity contribution in [2.24, 2.45) is 0 Å². The molecule has 0 aliphatic rings. The molecule has 0 radical (unpaired) electrons. The largest absolute Gasteiger partial charge is 0.478 e. The predicted molar refractivity (Wildman–Crippen MR) is 98.8 cm³/mol. The molecule has 1 unspecified atom stereocenters. The van der Waals surface area contributed by atoms with Crippen LogP contribution in [-0.4, -0.2) is 20.9 Å². The van der Waals surface area contributed by atoms with Gasteiger partial charge in [-0.2, -0.15) is 5.10 Å². The van der Waals surface area contributed by atoms with Crippen LogP contribution < -0.4 is 0 Å². The molecule has 1 N–H and O–H groups in total. The van der Waals surface area contributed by atoms with Gasteiger partial charge in [-0.05, 0) is 43.0 Å². The number of nitrogens with zero attached hydrogens (tertiary/aromatic N) is 2. The van der Waals surface area contributed by atoms with Crippen molar-refractivity contribution in [2.75, 3.05) is 0 Å². The molecular formula is C20H19ClN2O2. The fourth-order valence-electron chi connectivity index (χ4n) is 3.03. The van der Waals surface area contributed by atoms with Crippen molar-refractivity contribution in [1.29, 1.82) is 0 Å². The Morgan fingerprint density at radius 3 is 2.56 bits per heavy atom. The lowest BCUT2D eigenvalue weighted by Gasteiger charge is -2.10. The molecule has 4 nitrogen and oxygen atoms in total. The number of hydrogen-bond donors (Lipinski definition) is 1. The van der Waals surface area contributed by atoms with E-state index in [1.807, 2.05) is 42.5 Å². The summed E-state index contributed by atoms with van der Waals surface area (Å²) in [6, 6.07) is 17.3. The minimum atomic E-state index is -0.957. The van der Waals surface area contributed by atoms with Gasteiger partial charge in [0.15, 0.2) is 0 Å². The Labute approximate surface area is 151 Å². The van der Waals surface area contributed by atoms with Gasteiger partial charge >= 0.3 is 5.97 Å². The maximum atomic E-state index is 11.8. The van der Waals surface area contributed by atoms with Crippen LogP contribution in [0.15, 0.2) is 54.6 Å². The highest BCUT2D eigenvalue weighted by atomic mass is 35.5. The predicted octanol–water partition coefficient (Wildman–Crippen LogP) is 4.88. The second-order valence-electron chi connectivity index (χ2n) is 6.12. The first-order chi connectivity index (χ1) is 12.0. The summed E-state index contributed by atoms with van der Waals surface area (Å²) in [5, 5.41) is 14.8. The van der Waals surface area contributed by atoms with Crippen molar-refractivity contribution in [1.82, 2.24) is 9.78 Å². The third-order valence-electron chi connectivity index (χ3n) is 4.32. The Kier molecular flexibility index (Phi) is 4.91. The van der Waals surface area contributed by atoms with Crippen LogP contribution in [0.1, 0.15) is 40.2 Å². The molecule has 3 rings (SSSR count). The zero-order valence-corrected chi connectivity index (χ0v) is 14.9. The fourth-order valence-corrected chi connectivity index (χ4v) is 3.21. The molecule has 0 aliphatic carbocycles. The highest BCUT2D eigenvalue weighted by molar-refractivity contribution is 6.30. The summed E-state index contributed by atoms with van der Waals surface area (Å²) in [6.07, 6.45) is 0.556. The van der Waals surface area contributed by atoms with Gasteiger partial charge in [-0.3, -0.25) is 0 Å². The summed E-state index contributed by atoms with van der Waals surface area (Å²) in [4.78, 5) is 11.8. The molecule has 0 saturated carbocycles. The number of aromatic carboxylic acids is 1. The van der Waals surface area contributed by atoms with E-state index in [1.165, 1.54) is 0 Å². The van der Waals surface area contributed by atoms with Crippen LogP contribution in [0.4, 0.5) is 0 Å². The molecular weight excluding hydrogens is 336 g/mol. The third-order valence-corrected chi connectivity index (χ3v) is 4.56. The average Bonchev–Trinajstić information content (AvgIpc) is 2.92. The summed E-state index contributed by atoms with van der Waals surface area (Å²) in [5.41, 5.74) is 3.37. The lowest BCUT2D eigenvalue weighted by atomic mass is 9.94. The molecule has 0 spiro atoms. The SMILES string of the molecule is Cc1c(C(=O)O)c(CC(C)c2ccccc2)nn1-c1cccc(Cl)c1. The molecule has 0 aliphatic heterocycles. The molecule has 5 heteroatoms. The standard InChI is InChI=1S/C20H19ClN2O2/c1-13(15-7-4-3-5-8-15)11-18-19(20(24)25)14(2)23(22-18)17-10-6-9-16(21)12-17/h3-10,12-13H,11H2,1-2H3,(H,24,25).